The molecular weight excluding hydrogens is 332 g/mol. The summed E-state index contributed by atoms with van der Waals surface area (Å²) >= 11 is 6.87. The van der Waals surface area contributed by atoms with E-state index in [0.717, 1.165) is 26.4 Å². The van der Waals surface area contributed by atoms with Gasteiger partial charge < -0.3 is 0 Å². The van der Waals surface area contributed by atoms with Crippen LogP contribution in [0.15, 0.2) is 51.4 Å². The first-order valence-corrected chi connectivity index (χ1v) is 6.31. The summed E-state index contributed by atoms with van der Waals surface area (Å²) in [5.41, 5.74) is 2.62. The van der Waals surface area contributed by atoms with Crippen LogP contribution in [0.25, 0.3) is 11.1 Å². The van der Waals surface area contributed by atoms with Crippen molar-refractivity contribution in [3.63, 3.8) is 0 Å². The molecule has 0 aliphatic carbocycles. The van der Waals surface area contributed by atoms with Crippen molar-refractivity contribution in [2.75, 3.05) is 0 Å². The van der Waals surface area contributed by atoms with E-state index in [1.165, 1.54) is 0 Å². The molecule has 0 saturated carbocycles. The van der Waals surface area contributed by atoms with Crippen molar-refractivity contribution in [2.24, 2.45) is 0 Å². The molecule has 80 valence electrons. The molecule has 0 radical (unpaired) electrons. The summed E-state index contributed by atoms with van der Waals surface area (Å²) in [6, 6.07) is 13.6. The molecule has 0 amide bonds. The molecule has 1 nitrogen and oxygen atoms in total. The first-order chi connectivity index (χ1) is 7.74. The predicted octanol–water partition coefficient (Wildman–Crippen LogP) is 4.69. The van der Waals surface area contributed by atoms with Crippen LogP contribution in [0.4, 0.5) is 0 Å². The van der Waals surface area contributed by atoms with Gasteiger partial charge in [-0.2, -0.15) is 0 Å². The first kappa shape index (κ1) is 11.6. The van der Waals surface area contributed by atoms with Gasteiger partial charge >= 0.3 is 0 Å². The van der Waals surface area contributed by atoms with Crippen molar-refractivity contribution in [1.29, 1.82) is 0 Å². The van der Waals surface area contributed by atoms with Gasteiger partial charge in [-0.3, -0.25) is 4.79 Å². The zero-order valence-electron chi connectivity index (χ0n) is 8.28. The molecule has 0 aliphatic rings. The molecular formula is C13H8Br2O. The zero-order valence-corrected chi connectivity index (χ0v) is 11.5. The Bertz CT molecular complexity index is 535. The largest absolute Gasteiger partial charge is 0.298 e. The van der Waals surface area contributed by atoms with Crippen molar-refractivity contribution in [3.8, 4) is 11.1 Å². The van der Waals surface area contributed by atoms with Crippen LogP contribution in [-0.4, -0.2) is 6.29 Å². The summed E-state index contributed by atoms with van der Waals surface area (Å²) in [6.07, 6.45) is 0.874. The fourth-order valence-electron chi connectivity index (χ4n) is 1.57. The molecule has 0 aliphatic heterocycles. The van der Waals surface area contributed by atoms with Gasteiger partial charge in [0.2, 0.25) is 0 Å². The standard InChI is InChI=1S/C13H8Br2O/c14-12-6-2-1-4-10(12)9-5-3-7-13(15)11(9)8-16/h1-8H. The van der Waals surface area contributed by atoms with Gasteiger partial charge in [0, 0.05) is 14.5 Å². The number of aldehydes is 1. The summed E-state index contributed by atoms with van der Waals surface area (Å²) in [5.74, 6) is 0. The minimum absolute atomic E-state index is 0.675. The highest BCUT2D eigenvalue weighted by molar-refractivity contribution is 9.11. The molecule has 0 N–H and O–H groups in total. The molecule has 16 heavy (non-hydrogen) atoms. The molecule has 2 aromatic carbocycles. The number of rotatable bonds is 2. The molecule has 0 saturated heterocycles. The topological polar surface area (TPSA) is 17.1 Å². The van der Waals surface area contributed by atoms with Crippen molar-refractivity contribution < 1.29 is 4.79 Å². The van der Waals surface area contributed by atoms with Crippen LogP contribution < -0.4 is 0 Å². The van der Waals surface area contributed by atoms with E-state index in [4.69, 9.17) is 0 Å². The van der Waals surface area contributed by atoms with E-state index in [2.05, 4.69) is 31.9 Å². The third kappa shape index (κ3) is 2.11. The Morgan fingerprint density at radius 3 is 2.12 bits per heavy atom. The summed E-state index contributed by atoms with van der Waals surface area (Å²) in [7, 11) is 0. The maximum atomic E-state index is 11.1. The molecule has 0 fully saturated rings. The summed E-state index contributed by atoms with van der Waals surface area (Å²) in [4.78, 5) is 11.1. The Hall–Kier alpha value is -0.930. The first-order valence-electron chi connectivity index (χ1n) is 4.72. The van der Waals surface area contributed by atoms with E-state index in [1.807, 2.05) is 42.5 Å². The third-order valence-electron chi connectivity index (χ3n) is 2.33. The van der Waals surface area contributed by atoms with Crippen LogP contribution in [0.5, 0.6) is 0 Å². The Labute approximate surface area is 111 Å². The zero-order chi connectivity index (χ0) is 11.5. The van der Waals surface area contributed by atoms with Crippen LogP contribution in [0, 0.1) is 0 Å². The normalized spacial score (nSPS) is 10.1. The average molecular weight is 340 g/mol. The van der Waals surface area contributed by atoms with Gasteiger partial charge in [-0.1, -0.05) is 62.2 Å². The van der Waals surface area contributed by atoms with Gasteiger partial charge in [-0.15, -0.1) is 0 Å². The van der Waals surface area contributed by atoms with E-state index in [1.54, 1.807) is 0 Å². The van der Waals surface area contributed by atoms with E-state index in [-0.39, 0.29) is 0 Å². The van der Waals surface area contributed by atoms with Crippen molar-refractivity contribution in [2.45, 2.75) is 0 Å². The molecule has 0 heterocycles. The molecule has 0 aromatic heterocycles. The van der Waals surface area contributed by atoms with Crippen LogP contribution >= 0.6 is 31.9 Å². The molecule has 0 unspecified atom stereocenters. The SMILES string of the molecule is O=Cc1c(Br)cccc1-c1ccccc1Br. The molecule has 0 atom stereocenters. The molecule has 0 spiro atoms. The maximum Gasteiger partial charge on any atom is 0.151 e. The highest BCUT2D eigenvalue weighted by Gasteiger charge is 2.09. The number of benzene rings is 2. The minimum Gasteiger partial charge on any atom is -0.298 e. The Morgan fingerprint density at radius 2 is 1.44 bits per heavy atom. The van der Waals surface area contributed by atoms with Gasteiger partial charge in [0.15, 0.2) is 6.29 Å². The van der Waals surface area contributed by atoms with Gasteiger partial charge in [0.05, 0.1) is 0 Å². The van der Waals surface area contributed by atoms with E-state index < -0.39 is 0 Å². The minimum atomic E-state index is 0.675. The van der Waals surface area contributed by atoms with Gasteiger partial charge in [0.1, 0.15) is 0 Å². The van der Waals surface area contributed by atoms with E-state index in [9.17, 15) is 4.79 Å². The number of halogens is 2. The number of carbonyl (C=O) groups is 1. The summed E-state index contributed by atoms with van der Waals surface area (Å²) < 4.78 is 1.80. The van der Waals surface area contributed by atoms with Crippen LogP contribution in [0.1, 0.15) is 10.4 Å². The fraction of sp³-hybridized carbons (Fsp3) is 0. The quantitative estimate of drug-likeness (QED) is 0.725. The lowest BCUT2D eigenvalue weighted by Crippen LogP contribution is -1.89. The van der Waals surface area contributed by atoms with E-state index in [0.29, 0.717) is 5.56 Å². The summed E-state index contributed by atoms with van der Waals surface area (Å²) in [6.45, 7) is 0. The Kier molecular flexibility index (Phi) is 3.56. The van der Waals surface area contributed by atoms with E-state index >= 15 is 0 Å². The predicted molar refractivity (Wildman–Crippen MR) is 72.7 cm³/mol. The van der Waals surface area contributed by atoms with Crippen molar-refractivity contribution in [3.05, 3.63) is 57.0 Å². The highest BCUT2D eigenvalue weighted by Crippen LogP contribution is 2.32. The monoisotopic (exact) mass is 338 g/mol. The lowest BCUT2D eigenvalue weighted by Gasteiger charge is -2.08. The number of carbonyl (C=O) groups excluding carboxylic acids is 1. The number of hydrogen-bond acceptors (Lipinski definition) is 1. The van der Waals surface area contributed by atoms with Crippen molar-refractivity contribution >= 4 is 38.1 Å². The van der Waals surface area contributed by atoms with Crippen LogP contribution in [0.3, 0.4) is 0 Å². The van der Waals surface area contributed by atoms with Crippen molar-refractivity contribution in [1.82, 2.24) is 0 Å². The molecule has 2 rings (SSSR count). The molecule has 3 heteroatoms. The van der Waals surface area contributed by atoms with Crippen LogP contribution in [-0.2, 0) is 0 Å². The molecule has 2 aromatic rings. The third-order valence-corrected chi connectivity index (χ3v) is 3.72. The smallest absolute Gasteiger partial charge is 0.151 e. The lowest BCUT2D eigenvalue weighted by atomic mass is 10.0. The second-order valence-electron chi connectivity index (χ2n) is 3.30. The Balaban J connectivity index is 2.69. The second-order valence-corrected chi connectivity index (χ2v) is 5.01. The summed E-state index contributed by atoms with van der Waals surface area (Å²) in [5, 5.41) is 0. The van der Waals surface area contributed by atoms with Gasteiger partial charge in [-0.25, -0.2) is 0 Å². The van der Waals surface area contributed by atoms with Gasteiger partial charge in [-0.05, 0) is 23.3 Å². The molecule has 0 bridgehead atoms. The lowest BCUT2D eigenvalue weighted by molar-refractivity contribution is 0.112. The highest BCUT2D eigenvalue weighted by atomic mass is 79.9. The second kappa shape index (κ2) is 4.93. The Morgan fingerprint density at radius 1 is 0.812 bits per heavy atom. The maximum absolute atomic E-state index is 11.1. The number of hydrogen-bond donors (Lipinski definition) is 0. The average Bonchev–Trinajstić information content (AvgIpc) is 2.29. The van der Waals surface area contributed by atoms with Gasteiger partial charge in [0.25, 0.3) is 0 Å². The fourth-order valence-corrected chi connectivity index (χ4v) is 2.53. The van der Waals surface area contributed by atoms with Crippen LogP contribution in [0.2, 0.25) is 0 Å².